The van der Waals surface area contributed by atoms with Gasteiger partial charge in [-0.15, -0.1) is 0 Å². The first-order valence-electron chi connectivity index (χ1n) is 5.98. The van der Waals surface area contributed by atoms with Gasteiger partial charge in [0.25, 0.3) is 0 Å². The van der Waals surface area contributed by atoms with Crippen molar-refractivity contribution < 1.29 is 23.8 Å². The number of hydrogen-bond acceptors (Lipinski definition) is 3. The second kappa shape index (κ2) is 5.69. The second-order valence-corrected chi connectivity index (χ2v) is 4.47. The molecule has 0 spiro atoms. The van der Waals surface area contributed by atoms with Crippen molar-refractivity contribution in [2.24, 2.45) is 5.92 Å². The number of anilines is 1. The van der Waals surface area contributed by atoms with Crippen molar-refractivity contribution >= 4 is 17.7 Å². The third kappa shape index (κ3) is 3.43. The Morgan fingerprint density at radius 3 is 3.00 bits per heavy atom. The van der Waals surface area contributed by atoms with Crippen LogP contribution in [0.2, 0.25) is 0 Å². The van der Waals surface area contributed by atoms with Crippen molar-refractivity contribution in [1.82, 2.24) is 0 Å². The number of nitrogens with zero attached hydrogens (tertiary/aromatic N) is 1. The van der Waals surface area contributed by atoms with E-state index in [0.717, 1.165) is 0 Å². The largest absolute Gasteiger partial charge is 0.481 e. The van der Waals surface area contributed by atoms with Crippen molar-refractivity contribution in [3.05, 3.63) is 30.1 Å². The molecule has 0 saturated carbocycles. The van der Waals surface area contributed by atoms with E-state index in [1.54, 1.807) is 6.07 Å². The van der Waals surface area contributed by atoms with Crippen molar-refractivity contribution in [3.63, 3.8) is 0 Å². The number of carboxylic acids is 1. The molecular weight excluding hydrogens is 253 g/mol. The number of aliphatic carboxylic acids is 1. The summed E-state index contributed by atoms with van der Waals surface area (Å²) in [6.07, 6.45) is -0.0784. The van der Waals surface area contributed by atoms with Gasteiger partial charge in [-0.1, -0.05) is 6.07 Å². The normalized spacial score (nSPS) is 19.1. The topological polar surface area (TPSA) is 66.8 Å². The molecule has 102 valence electrons. The molecule has 0 bridgehead atoms. The van der Waals surface area contributed by atoms with Crippen molar-refractivity contribution in [2.75, 3.05) is 18.1 Å². The zero-order chi connectivity index (χ0) is 13.8. The Labute approximate surface area is 109 Å². The molecule has 1 amide bonds. The van der Waals surface area contributed by atoms with Crippen molar-refractivity contribution in [1.29, 1.82) is 0 Å². The molecule has 19 heavy (non-hydrogen) atoms. The molecule has 1 fully saturated rings. The van der Waals surface area contributed by atoms with Crippen LogP contribution in [0.1, 0.15) is 12.8 Å². The smallest absolute Gasteiger partial charge is 0.414 e. The first-order chi connectivity index (χ1) is 9.06. The minimum absolute atomic E-state index is 0.0270. The zero-order valence-electron chi connectivity index (χ0n) is 10.2. The lowest BCUT2D eigenvalue weighted by atomic mass is 10.0. The lowest BCUT2D eigenvalue weighted by Crippen LogP contribution is -2.43. The van der Waals surface area contributed by atoms with Crippen LogP contribution in [0.5, 0.6) is 0 Å². The maximum absolute atomic E-state index is 13.1. The van der Waals surface area contributed by atoms with Gasteiger partial charge in [-0.2, -0.15) is 0 Å². The first kappa shape index (κ1) is 13.3. The average Bonchev–Trinajstić information content (AvgIpc) is 2.37. The summed E-state index contributed by atoms with van der Waals surface area (Å²) in [6, 6.07) is 5.67. The fourth-order valence-electron chi connectivity index (χ4n) is 2.01. The quantitative estimate of drug-likeness (QED) is 0.908. The summed E-state index contributed by atoms with van der Waals surface area (Å²) in [5, 5.41) is 8.64. The third-order valence-corrected chi connectivity index (χ3v) is 2.99. The van der Waals surface area contributed by atoms with Crippen LogP contribution in [0.4, 0.5) is 14.9 Å². The van der Waals surface area contributed by atoms with Crippen LogP contribution in [0.3, 0.4) is 0 Å². The van der Waals surface area contributed by atoms with Crippen LogP contribution in [0.25, 0.3) is 0 Å². The SMILES string of the molecule is O=C(O)CCC1COC(=O)N(c2cccc(F)c2)C1. The summed E-state index contributed by atoms with van der Waals surface area (Å²) >= 11 is 0. The second-order valence-electron chi connectivity index (χ2n) is 4.47. The van der Waals surface area contributed by atoms with E-state index < -0.39 is 17.9 Å². The van der Waals surface area contributed by atoms with E-state index in [2.05, 4.69) is 0 Å². The molecule has 1 aliphatic heterocycles. The highest BCUT2D eigenvalue weighted by molar-refractivity contribution is 5.88. The predicted molar refractivity (Wildman–Crippen MR) is 65.5 cm³/mol. The lowest BCUT2D eigenvalue weighted by molar-refractivity contribution is -0.137. The third-order valence-electron chi connectivity index (χ3n) is 2.99. The van der Waals surface area contributed by atoms with E-state index in [1.807, 2.05) is 0 Å². The summed E-state index contributed by atoms with van der Waals surface area (Å²) in [7, 11) is 0. The first-order valence-corrected chi connectivity index (χ1v) is 5.98. The maximum Gasteiger partial charge on any atom is 0.414 e. The Bertz CT molecular complexity index is 491. The van der Waals surface area contributed by atoms with E-state index >= 15 is 0 Å². The van der Waals surface area contributed by atoms with Gasteiger partial charge < -0.3 is 9.84 Å². The van der Waals surface area contributed by atoms with E-state index in [-0.39, 0.29) is 18.9 Å². The van der Waals surface area contributed by atoms with Crippen LogP contribution >= 0.6 is 0 Å². The molecular formula is C13H14FNO4. The monoisotopic (exact) mass is 267 g/mol. The number of cyclic esters (lactones) is 1. The van der Waals surface area contributed by atoms with Crippen LogP contribution in [0, 0.1) is 11.7 Å². The number of halogens is 1. The summed E-state index contributed by atoms with van der Waals surface area (Å²) in [6.45, 7) is 0.549. The highest BCUT2D eigenvalue weighted by Crippen LogP contribution is 2.23. The number of rotatable bonds is 4. The summed E-state index contributed by atoms with van der Waals surface area (Å²) in [5.41, 5.74) is 0.421. The molecule has 1 aromatic rings. The zero-order valence-corrected chi connectivity index (χ0v) is 10.2. The van der Waals surface area contributed by atoms with E-state index in [4.69, 9.17) is 9.84 Å². The number of ether oxygens (including phenoxy) is 1. The number of hydrogen-bond donors (Lipinski definition) is 1. The van der Waals surface area contributed by atoms with Crippen LogP contribution < -0.4 is 4.90 Å². The Morgan fingerprint density at radius 1 is 1.53 bits per heavy atom. The van der Waals surface area contributed by atoms with Gasteiger partial charge in [-0.05, 0) is 24.6 Å². The Kier molecular flexibility index (Phi) is 3.99. The highest BCUT2D eigenvalue weighted by Gasteiger charge is 2.28. The molecule has 0 aliphatic carbocycles. The minimum Gasteiger partial charge on any atom is -0.481 e. The molecule has 1 N–H and O–H groups in total. The van der Waals surface area contributed by atoms with Gasteiger partial charge in [0.05, 0.1) is 6.61 Å². The number of benzene rings is 1. The van der Waals surface area contributed by atoms with Gasteiger partial charge >= 0.3 is 12.1 Å². The fourth-order valence-corrected chi connectivity index (χ4v) is 2.01. The van der Waals surface area contributed by atoms with Gasteiger partial charge in [-0.25, -0.2) is 9.18 Å². The molecule has 2 rings (SSSR count). The number of amides is 1. The maximum atomic E-state index is 13.1. The molecule has 1 heterocycles. The summed E-state index contributed by atoms with van der Waals surface area (Å²) in [5.74, 6) is -1.37. The molecule has 1 saturated heterocycles. The van der Waals surface area contributed by atoms with Crippen molar-refractivity contribution in [2.45, 2.75) is 12.8 Å². The van der Waals surface area contributed by atoms with Crippen LogP contribution in [-0.4, -0.2) is 30.3 Å². The molecule has 1 unspecified atom stereocenters. The molecule has 1 atom stereocenters. The number of carboxylic acid groups (broad SMARTS) is 1. The molecule has 0 aromatic heterocycles. The Morgan fingerprint density at radius 2 is 2.32 bits per heavy atom. The van der Waals surface area contributed by atoms with Gasteiger partial charge in [0, 0.05) is 24.6 Å². The Balaban J connectivity index is 2.06. The number of carbonyl (C=O) groups excluding carboxylic acids is 1. The number of carbonyl (C=O) groups is 2. The van der Waals surface area contributed by atoms with Crippen molar-refractivity contribution in [3.8, 4) is 0 Å². The van der Waals surface area contributed by atoms with E-state index in [1.165, 1.54) is 23.1 Å². The predicted octanol–water partition coefficient (Wildman–Crippen LogP) is 2.26. The molecule has 6 heteroatoms. The lowest BCUT2D eigenvalue weighted by Gasteiger charge is -2.32. The van der Waals surface area contributed by atoms with Gasteiger partial charge in [0.1, 0.15) is 5.82 Å². The summed E-state index contributed by atoms with van der Waals surface area (Å²) in [4.78, 5) is 23.5. The molecule has 0 radical (unpaired) electrons. The van der Waals surface area contributed by atoms with Gasteiger partial charge in [-0.3, -0.25) is 9.69 Å². The fraction of sp³-hybridized carbons (Fsp3) is 0.385. The van der Waals surface area contributed by atoms with Gasteiger partial charge in [0.2, 0.25) is 0 Å². The van der Waals surface area contributed by atoms with E-state index in [9.17, 15) is 14.0 Å². The van der Waals surface area contributed by atoms with Crippen LogP contribution in [0.15, 0.2) is 24.3 Å². The Hall–Kier alpha value is -2.11. The molecule has 1 aliphatic rings. The summed E-state index contributed by atoms with van der Waals surface area (Å²) < 4.78 is 18.1. The minimum atomic E-state index is -0.880. The van der Waals surface area contributed by atoms with E-state index in [0.29, 0.717) is 18.7 Å². The van der Waals surface area contributed by atoms with Gasteiger partial charge in [0.15, 0.2) is 0 Å². The van der Waals surface area contributed by atoms with Crippen LogP contribution in [-0.2, 0) is 9.53 Å². The highest BCUT2D eigenvalue weighted by atomic mass is 19.1. The standard InChI is InChI=1S/C13H14FNO4/c14-10-2-1-3-11(6-10)15-7-9(4-5-12(16)17)8-19-13(15)18/h1-3,6,9H,4-5,7-8H2,(H,16,17). The average molecular weight is 267 g/mol. The molecule has 5 nitrogen and oxygen atoms in total. The molecule has 1 aromatic carbocycles.